The predicted octanol–water partition coefficient (Wildman–Crippen LogP) is 3.16. The van der Waals surface area contributed by atoms with Crippen LogP contribution in [0.25, 0.3) is 10.9 Å². The lowest BCUT2D eigenvalue weighted by Gasteiger charge is -2.10. The molecule has 0 aliphatic heterocycles. The number of nitrogens with zero attached hydrogens (tertiary/aromatic N) is 1. The third-order valence-corrected chi connectivity index (χ3v) is 3.27. The summed E-state index contributed by atoms with van der Waals surface area (Å²) < 4.78 is 4.99. The summed E-state index contributed by atoms with van der Waals surface area (Å²) in [5.41, 5.74) is 1.01. The number of rotatable bonds is 8. The molecule has 0 saturated carbocycles. The van der Waals surface area contributed by atoms with E-state index in [9.17, 15) is 9.90 Å². The van der Waals surface area contributed by atoms with Crippen molar-refractivity contribution in [2.24, 2.45) is 0 Å². The first kappa shape index (κ1) is 15.3. The fourth-order valence-electron chi connectivity index (χ4n) is 2.17. The number of anilines is 1. The summed E-state index contributed by atoms with van der Waals surface area (Å²) in [5.74, 6) is -0.525. The van der Waals surface area contributed by atoms with Gasteiger partial charge in [-0.25, -0.2) is 9.78 Å². The number of benzene rings is 1. The van der Waals surface area contributed by atoms with Gasteiger partial charge in [0.05, 0.1) is 5.52 Å². The minimum absolute atomic E-state index is 0.214. The molecule has 0 radical (unpaired) electrons. The number of methoxy groups -OCH3 is 1. The first-order chi connectivity index (χ1) is 10.2. The molecule has 0 amide bonds. The number of aromatic carboxylic acids is 1. The number of carbonyl (C=O) groups is 1. The van der Waals surface area contributed by atoms with Crippen LogP contribution in [-0.4, -0.2) is 36.3 Å². The molecule has 0 aliphatic rings. The van der Waals surface area contributed by atoms with Gasteiger partial charge in [-0.05, 0) is 31.4 Å². The van der Waals surface area contributed by atoms with Crippen LogP contribution in [0.4, 0.5) is 5.82 Å². The van der Waals surface area contributed by atoms with E-state index >= 15 is 0 Å². The number of hydrogen-bond acceptors (Lipinski definition) is 4. The second-order valence-corrected chi connectivity index (χ2v) is 4.86. The van der Waals surface area contributed by atoms with Gasteiger partial charge in [-0.15, -0.1) is 0 Å². The van der Waals surface area contributed by atoms with Crippen LogP contribution in [0, 0.1) is 0 Å². The monoisotopic (exact) mass is 288 g/mol. The molecule has 0 fully saturated rings. The molecule has 5 heteroatoms. The third kappa shape index (κ3) is 4.16. The zero-order valence-electron chi connectivity index (χ0n) is 12.1. The smallest absolute Gasteiger partial charge is 0.339 e. The van der Waals surface area contributed by atoms with Crippen molar-refractivity contribution < 1.29 is 14.6 Å². The molecule has 112 valence electrons. The predicted molar refractivity (Wildman–Crippen MR) is 82.9 cm³/mol. The minimum atomic E-state index is -0.963. The van der Waals surface area contributed by atoms with E-state index in [1.165, 1.54) is 0 Å². The van der Waals surface area contributed by atoms with Crippen molar-refractivity contribution in [1.29, 1.82) is 0 Å². The van der Waals surface area contributed by atoms with Gasteiger partial charge in [-0.2, -0.15) is 0 Å². The number of nitrogens with one attached hydrogen (secondary N) is 1. The van der Waals surface area contributed by atoms with Crippen LogP contribution < -0.4 is 5.32 Å². The number of aromatic nitrogens is 1. The molecule has 0 unspecified atom stereocenters. The van der Waals surface area contributed by atoms with E-state index in [2.05, 4.69) is 10.3 Å². The van der Waals surface area contributed by atoms with Gasteiger partial charge in [0, 0.05) is 25.6 Å². The summed E-state index contributed by atoms with van der Waals surface area (Å²) in [4.78, 5) is 15.8. The number of carboxylic acids is 1. The summed E-state index contributed by atoms with van der Waals surface area (Å²) in [7, 11) is 1.69. The first-order valence-electron chi connectivity index (χ1n) is 7.08. The van der Waals surface area contributed by atoms with E-state index in [1.54, 1.807) is 13.2 Å². The van der Waals surface area contributed by atoms with Crippen molar-refractivity contribution in [3.05, 3.63) is 35.9 Å². The number of fused-ring (bicyclic) bond motifs is 1. The molecule has 2 N–H and O–H groups in total. The van der Waals surface area contributed by atoms with E-state index in [0.717, 1.165) is 36.8 Å². The number of unbranched alkanes of at least 4 members (excludes halogenated alkanes) is 2. The molecule has 0 bridgehead atoms. The molecular formula is C16H20N2O3. The average Bonchev–Trinajstić information content (AvgIpc) is 2.49. The number of ether oxygens (including phenoxy) is 1. The Balaban J connectivity index is 2.06. The highest BCUT2D eigenvalue weighted by atomic mass is 16.5. The van der Waals surface area contributed by atoms with Gasteiger partial charge in [-0.3, -0.25) is 0 Å². The SMILES string of the molecule is COCCCCCNc1nc2ccccc2cc1C(=O)O. The molecule has 1 aromatic heterocycles. The Morgan fingerprint density at radius 2 is 2.10 bits per heavy atom. The maximum Gasteiger partial charge on any atom is 0.339 e. The second-order valence-electron chi connectivity index (χ2n) is 4.86. The van der Waals surface area contributed by atoms with Gasteiger partial charge < -0.3 is 15.2 Å². The highest BCUT2D eigenvalue weighted by Gasteiger charge is 2.12. The Labute approximate surface area is 124 Å². The quantitative estimate of drug-likeness (QED) is 0.730. The average molecular weight is 288 g/mol. The Bertz CT molecular complexity index is 613. The van der Waals surface area contributed by atoms with Crippen molar-refractivity contribution in [2.45, 2.75) is 19.3 Å². The second kappa shape index (κ2) is 7.59. The van der Waals surface area contributed by atoms with Crippen LogP contribution in [0.1, 0.15) is 29.6 Å². The number of hydrogen-bond donors (Lipinski definition) is 2. The van der Waals surface area contributed by atoms with E-state index < -0.39 is 5.97 Å². The summed E-state index contributed by atoms with van der Waals surface area (Å²) in [5, 5.41) is 13.3. The van der Waals surface area contributed by atoms with E-state index in [0.29, 0.717) is 12.4 Å². The zero-order valence-corrected chi connectivity index (χ0v) is 12.1. The summed E-state index contributed by atoms with van der Waals surface area (Å²) >= 11 is 0. The zero-order chi connectivity index (χ0) is 15.1. The van der Waals surface area contributed by atoms with Crippen molar-refractivity contribution in [1.82, 2.24) is 4.98 Å². The lowest BCUT2D eigenvalue weighted by atomic mass is 10.1. The van der Waals surface area contributed by atoms with Crippen LogP contribution in [-0.2, 0) is 4.74 Å². The van der Waals surface area contributed by atoms with Crippen LogP contribution in [0.3, 0.4) is 0 Å². The van der Waals surface area contributed by atoms with Crippen LogP contribution in [0.2, 0.25) is 0 Å². The maximum absolute atomic E-state index is 11.3. The van der Waals surface area contributed by atoms with Gasteiger partial charge in [0.15, 0.2) is 0 Å². The Kier molecular flexibility index (Phi) is 5.51. The molecule has 1 heterocycles. The molecule has 1 aromatic carbocycles. The van der Waals surface area contributed by atoms with Gasteiger partial charge in [0.1, 0.15) is 11.4 Å². The molecule has 21 heavy (non-hydrogen) atoms. The number of para-hydroxylation sites is 1. The topological polar surface area (TPSA) is 71.5 Å². The van der Waals surface area contributed by atoms with Gasteiger partial charge in [0.25, 0.3) is 0 Å². The Morgan fingerprint density at radius 1 is 1.29 bits per heavy atom. The van der Waals surface area contributed by atoms with Crippen molar-refractivity contribution in [2.75, 3.05) is 25.6 Å². The lowest BCUT2D eigenvalue weighted by Crippen LogP contribution is -2.10. The lowest BCUT2D eigenvalue weighted by molar-refractivity contribution is 0.0698. The van der Waals surface area contributed by atoms with Crippen molar-refractivity contribution >= 4 is 22.7 Å². The molecule has 0 spiro atoms. The Morgan fingerprint density at radius 3 is 2.86 bits per heavy atom. The first-order valence-corrected chi connectivity index (χ1v) is 7.08. The van der Waals surface area contributed by atoms with Crippen LogP contribution in [0.5, 0.6) is 0 Å². The normalized spacial score (nSPS) is 10.7. The van der Waals surface area contributed by atoms with Gasteiger partial charge in [-0.1, -0.05) is 18.2 Å². The van der Waals surface area contributed by atoms with Crippen molar-refractivity contribution in [3.8, 4) is 0 Å². The van der Waals surface area contributed by atoms with Crippen molar-refractivity contribution in [3.63, 3.8) is 0 Å². The number of carboxylic acid groups (broad SMARTS) is 1. The molecule has 2 aromatic rings. The summed E-state index contributed by atoms with van der Waals surface area (Å²) in [6.07, 6.45) is 3.00. The van der Waals surface area contributed by atoms with Crippen LogP contribution in [0.15, 0.2) is 30.3 Å². The fraction of sp³-hybridized carbons (Fsp3) is 0.375. The fourth-order valence-corrected chi connectivity index (χ4v) is 2.17. The van der Waals surface area contributed by atoms with E-state index in [1.807, 2.05) is 24.3 Å². The Hall–Kier alpha value is -2.14. The van der Waals surface area contributed by atoms with Crippen LogP contribution >= 0.6 is 0 Å². The standard InChI is InChI=1S/C16H20N2O3/c1-21-10-6-2-5-9-17-15-13(16(19)20)11-12-7-3-4-8-14(12)18-15/h3-4,7-8,11H,2,5-6,9-10H2,1H3,(H,17,18)(H,19,20). The van der Waals surface area contributed by atoms with E-state index in [4.69, 9.17) is 4.74 Å². The maximum atomic E-state index is 11.3. The molecule has 5 nitrogen and oxygen atoms in total. The minimum Gasteiger partial charge on any atom is -0.478 e. The largest absolute Gasteiger partial charge is 0.478 e. The van der Waals surface area contributed by atoms with Gasteiger partial charge in [0.2, 0.25) is 0 Å². The molecular weight excluding hydrogens is 268 g/mol. The highest BCUT2D eigenvalue weighted by Crippen LogP contribution is 2.20. The summed E-state index contributed by atoms with van der Waals surface area (Å²) in [6.45, 7) is 1.46. The highest BCUT2D eigenvalue weighted by molar-refractivity contribution is 5.98. The number of pyridine rings is 1. The van der Waals surface area contributed by atoms with Gasteiger partial charge >= 0.3 is 5.97 Å². The molecule has 0 saturated heterocycles. The van der Waals surface area contributed by atoms with E-state index in [-0.39, 0.29) is 5.56 Å². The molecule has 0 aliphatic carbocycles. The summed E-state index contributed by atoms with van der Waals surface area (Å²) in [6, 6.07) is 9.18. The molecule has 2 rings (SSSR count). The third-order valence-electron chi connectivity index (χ3n) is 3.27. The molecule has 0 atom stereocenters.